The summed E-state index contributed by atoms with van der Waals surface area (Å²) in [5.74, 6) is 1.70. The molecule has 0 aromatic heterocycles. The molecule has 0 saturated heterocycles. The van der Waals surface area contributed by atoms with Gasteiger partial charge in [0.2, 0.25) is 0 Å². The Morgan fingerprint density at radius 3 is 2.42 bits per heavy atom. The third-order valence-corrected chi connectivity index (χ3v) is 3.69. The van der Waals surface area contributed by atoms with Crippen molar-refractivity contribution in [1.29, 1.82) is 0 Å². The van der Waals surface area contributed by atoms with Gasteiger partial charge in [-0.15, -0.1) is 0 Å². The predicted molar refractivity (Wildman–Crippen MR) is 101 cm³/mol. The minimum absolute atomic E-state index is 0.0664. The van der Waals surface area contributed by atoms with E-state index in [1.807, 2.05) is 36.4 Å². The molecule has 7 nitrogen and oxygen atoms in total. The Balaban J connectivity index is 1.99. The summed E-state index contributed by atoms with van der Waals surface area (Å²) in [6.07, 6.45) is 0. The molecular formula is C19H23N3O4. The third kappa shape index (κ3) is 4.89. The molecule has 0 radical (unpaired) electrons. The number of hydrogen-bond acceptors (Lipinski definition) is 6. The van der Waals surface area contributed by atoms with Crippen LogP contribution in [0, 0.1) is 0 Å². The number of amides is 1. The van der Waals surface area contributed by atoms with Crippen LogP contribution < -0.4 is 25.0 Å². The number of hydrogen-bond donors (Lipinski definition) is 2. The smallest absolute Gasteiger partial charge is 0.259 e. The van der Waals surface area contributed by atoms with E-state index >= 15 is 0 Å². The van der Waals surface area contributed by atoms with Gasteiger partial charge in [-0.1, -0.05) is 12.1 Å². The lowest BCUT2D eigenvalue weighted by molar-refractivity contribution is -0.119. The van der Waals surface area contributed by atoms with Crippen LogP contribution in [0.1, 0.15) is 12.5 Å². The van der Waals surface area contributed by atoms with Crippen LogP contribution in [0.5, 0.6) is 17.2 Å². The first-order chi connectivity index (χ1) is 12.6. The molecule has 26 heavy (non-hydrogen) atoms. The lowest BCUT2D eigenvalue weighted by Crippen LogP contribution is -2.27. The van der Waals surface area contributed by atoms with Crippen LogP contribution in [0.4, 0.5) is 5.69 Å². The summed E-state index contributed by atoms with van der Waals surface area (Å²) in [5, 5.41) is 7.16. The molecule has 0 saturated carbocycles. The molecule has 0 aliphatic rings. The number of nitrogens with zero attached hydrogens (tertiary/aromatic N) is 1. The number of carbonyl (C=O) groups excluding carboxylic acids is 1. The number of methoxy groups -OCH3 is 3. The first-order valence-electron chi connectivity index (χ1n) is 8.01. The largest absolute Gasteiger partial charge is 0.497 e. The Labute approximate surface area is 153 Å². The van der Waals surface area contributed by atoms with Gasteiger partial charge in [-0.25, -0.2) is 5.43 Å². The molecule has 0 aliphatic carbocycles. The van der Waals surface area contributed by atoms with Crippen LogP contribution in [-0.2, 0) is 4.79 Å². The lowest BCUT2D eigenvalue weighted by Gasteiger charge is -2.11. The second-order valence-electron chi connectivity index (χ2n) is 5.35. The Hall–Kier alpha value is -3.22. The van der Waals surface area contributed by atoms with Crippen molar-refractivity contribution < 1.29 is 19.0 Å². The Morgan fingerprint density at radius 1 is 1.00 bits per heavy atom. The van der Waals surface area contributed by atoms with Crippen LogP contribution in [0.25, 0.3) is 0 Å². The normalized spacial score (nSPS) is 10.8. The molecule has 0 heterocycles. The van der Waals surface area contributed by atoms with Crippen molar-refractivity contribution in [2.45, 2.75) is 6.92 Å². The Bertz CT molecular complexity index is 790. The molecule has 0 aliphatic heterocycles. The van der Waals surface area contributed by atoms with Gasteiger partial charge in [-0.3, -0.25) is 4.79 Å². The van der Waals surface area contributed by atoms with Crippen molar-refractivity contribution in [3.05, 3.63) is 48.0 Å². The van der Waals surface area contributed by atoms with E-state index in [2.05, 4.69) is 15.8 Å². The number of carbonyl (C=O) groups is 1. The fourth-order valence-corrected chi connectivity index (χ4v) is 2.31. The molecule has 2 rings (SSSR count). The third-order valence-electron chi connectivity index (χ3n) is 3.69. The predicted octanol–water partition coefficient (Wildman–Crippen LogP) is 2.66. The SMILES string of the molecule is COc1ccc(/C(C)=N/NC(=O)CNc2ccccc2OC)c(OC)c1. The van der Waals surface area contributed by atoms with Crippen LogP contribution in [-0.4, -0.2) is 39.5 Å². The number of rotatable bonds is 8. The molecule has 2 aromatic rings. The average molecular weight is 357 g/mol. The quantitative estimate of drug-likeness (QED) is 0.561. The minimum Gasteiger partial charge on any atom is -0.497 e. The van der Waals surface area contributed by atoms with Gasteiger partial charge in [0.05, 0.1) is 39.3 Å². The number of ether oxygens (including phenoxy) is 3. The van der Waals surface area contributed by atoms with Crippen LogP contribution in [0.3, 0.4) is 0 Å². The molecule has 0 bridgehead atoms. The molecular weight excluding hydrogens is 334 g/mol. The van der Waals surface area contributed by atoms with Gasteiger partial charge in [0.25, 0.3) is 5.91 Å². The molecule has 7 heteroatoms. The van der Waals surface area contributed by atoms with Crippen molar-refractivity contribution in [3.63, 3.8) is 0 Å². The fraction of sp³-hybridized carbons (Fsp3) is 0.263. The topological polar surface area (TPSA) is 81.2 Å². The highest BCUT2D eigenvalue weighted by Gasteiger charge is 2.09. The molecule has 0 unspecified atom stereocenters. The van der Waals surface area contributed by atoms with Crippen LogP contribution in [0.15, 0.2) is 47.6 Å². The summed E-state index contributed by atoms with van der Waals surface area (Å²) in [4.78, 5) is 12.0. The Morgan fingerprint density at radius 2 is 1.73 bits per heavy atom. The molecule has 2 aromatic carbocycles. The number of para-hydroxylation sites is 2. The van der Waals surface area contributed by atoms with E-state index in [0.717, 1.165) is 11.3 Å². The summed E-state index contributed by atoms with van der Waals surface area (Å²) in [7, 11) is 4.74. The standard InChI is InChI=1S/C19H23N3O4/c1-13(15-10-9-14(24-2)11-18(15)26-4)21-22-19(23)12-20-16-7-5-6-8-17(16)25-3/h5-11,20H,12H2,1-4H3,(H,22,23)/b21-13+. The zero-order chi connectivity index (χ0) is 18.9. The average Bonchev–Trinajstić information content (AvgIpc) is 2.69. The van der Waals surface area contributed by atoms with Gasteiger partial charge in [0.15, 0.2) is 0 Å². The number of benzene rings is 2. The second kappa shape index (κ2) is 9.31. The molecule has 1 amide bonds. The second-order valence-corrected chi connectivity index (χ2v) is 5.35. The number of nitrogens with one attached hydrogen (secondary N) is 2. The van der Waals surface area contributed by atoms with Crippen molar-refractivity contribution in [2.75, 3.05) is 33.2 Å². The maximum absolute atomic E-state index is 12.0. The van der Waals surface area contributed by atoms with Crippen molar-refractivity contribution in [3.8, 4) is 17.2 Å². The van der Waals surface area contributed by atoms with Gasteiger partial charge < -0.3 is 19.5 Å². The van der Waals surface area contributed by atoms with E-state index in [1.165, 1.54) is 0 Å². The fourth-order valence-electron chi connectivity index (χ4n) is 2.31. The first-order valence-corrected chi connectivity index (χ1v) is 8.01. The van der Waals surface area contributed by atoms with E-state index in [0.29, 0.717) is 23.0 Å². The van der Waals surface area contributed by atoms with E-state index in [-0.39, 0.29) is 12.5 Å². The zero-order valence-corrected chi connectivity index (χ0v) is 15.3. The van der Waals surface area contributed by atoms with E-state index in [9.17, 15) is 4.79 Å². The number of anilines is 1. The molecule has 0 atom stereocenters. The highest BCUT2D eigenvalue weighted by atomic mass is 16.5. The van der Waals surface area contributed by atoms with E-state index in [1.54, 1.807) is 34.3 Å². The van der Waals surface area contributed by atoms with E-state index < -0.39 is 0 Å². The molecule has 2 N–H and O–H groups in total. The maximum atomic E-state index is 12.0. The van der Waals surface area contributed by atoms with Crippen molar-refractivity contribution >= 4 is 17.3 Å². The molecule has 138 valence electrons. The van der Waals surface area contributed by atoms with Gasteiger partial charge in [-0.05, 0) is 31.2 Å². The maximum Gasteiger partial charge on any atom is 0.259 e. The van der Waals surface area contributed by atoms with Crippen molar-refractivity contribution in [2.24, 2.45) is 5.10 Å². The highest BCUT2D eigenvalue weighted by molar-refractivity contribution is 6.01. The van der Waals surface area contributed by atoms with E-state index in [4.69, 9.17) is 14.2 Å². The summed E-state index contributed by atoms with van der Waals surface area (Å²) >= 11 is 0. The Kier molecular flexibility index (Phi) is 6.84. The summed E-state index contributed by atoms with van der Waals surface area (Å²) < 4.78 is 15.8. The summed E-state index contributed by atoms with van der Waals surface area (Å²) in [5.41, 5.74) is 4.66. The van der Waals surface area contributed by atoms with Gasteiger partial charge >= 0.3 is 0 Å². The monoisotopic (exact) mass is 357 g/mol. The summed E-state index contributed by atoms with van der Waals surface area (Å²) in [6.45, 7) is 1.86. The van der Waals surface area contributed by atoms with Gasteiger partial charge in [-0.2, -0.15) is 5.10 Å². The van der Waals surface area contributed by atoms with Crippen molar-refractivity contribution in [1.82, 2.24) is 5.43 Å². The molecule has 0 fully saturated rings. The van der Waals surface area contributed by atoms with Gasteiger partial charge in [0, 0.05) is 11.6 Å². The van der Waals surface area contributed by atoms with Gasteiger partial charge in [0.1, 0.15) is 17.2 Å². The van der Waals surface area contributed by atoms with Crippen LogP contribution in [0.2, 0.25) is 0 Å². The molecule has 0 spiro atoms. The number of hydrazone groups is 1. The highest BCUT2D eigenvalue weighted by Crippen LogP contribution is 2.25. The first kappa shape index (κ1) is 19.1. The zero-order valence-electron chi connectivity index (χ0n) is 15.3. The lowest BCUT2D eigenvalue weighted by atomic mass is 10.1. The summed E-state index contributed by atoms with van der Waals surface area (Å²) in [6, 6.07) is 12.8. The minimum atomic E-state index is -0.275. The van der Waals surface area contributed by atoms with Crippen LogP contribution >= 0.6 is 0 Å².